The number of ether oxygens (including phenoxy) is 1. The summed E-state index contributed by atoms with van der Waals surface area (Å²) in [4.78, 5) is 7.46. The maximum Gasteiger partial charge on any atom is 0.182 e. The SMILES string of the molecule is CC(C1CS1)S(=O)(=O)c1ccc2c(c1)C(N1CCNCC1)=Nc1ccccc1O2. The average Bonchev–Trinajstić information content (AvgIpc) is 3.59. The molecular weight excluding hydrogens is 406 g/mol. The van der Waals surface area contributed by atoms with Gasteiger partial charge in [-0.1, -0.05) is 12.1 Å². The van der Waals surface area contributed by atoms with Gasteiger partial charge in [0.15, 0.2) is 15.6 Å². The largest absolute Gasteiger partial charge is 0.454 e. The van der Waals surface area contributed by atoms with Gasteiger partial charge in [0, 0.05) is 37.2 Å². The van der Waals surface area contributed by atoms with Gasteiger partial charge in [0.1, 0.15) is 17.3 Å². The lowest BCUT2D eigenvalue weighted by Crippen LogP contribution is -2.46. The van der Waals surface area contributed by atoms with Gasteiger partial charge in [-0.15, -0.1) is 0 Å². The topological polar surface area (TPSA) is 71.0 Å². The molecule has 2 saturated heterocycles. The molecule has 0 aliphatic carbocycles. The van der Waals surface area contributed by atoms with Crippen molar-refractivity contribution in [3.8, 4) is 11.5 Å². The zero-order chi connectivity index (χ0) is 20.0. The molecule has 2 aromatic rings. The standard InChI is InChI=1S/C21H23N3O3S2/c1-14(20-13-28-20)29(25,26)15-6-7-18-16(12-15)21(24-10-8-22-9-11-24)23-17-4-2-3-5-19(17)27-18/h2-7,12,14,20,22H,8-11,13H2,1H3. The highest BCUT2D eigenvalue weighted by atomic mass is 32.2. The number of thioether (sulfide) groups is 1. The summed E-state index contributed by atoms with van der Waals surface area (Å²) in [6, 6.07) is 12.9. The summed E-state index contributed by atoms with van der Waals surface area (Å²) in [5, 5.41) is 3.16. The molecule has 6 nitrogen and oxygen atoms in total. The van der Waals surface area contributed by atoms with Crippen LogP contribution < -0.4 is 10.1 Å². The number of benzene rings is 2. The fourth-order valence-electron chi connectivity index (χ4n) is 3.74. The molecule has 3 aliphatic heterocycles. The van der Waals surface area contributed by atoms with E-state index < -0.39 is 15.1 Å². The first kappa shape index (κ1) is 19.0. The van der Waals surface area contributed by atoms with Gasteiger partial charge in [0.25, 0.3) is 0 Å². The third kappa shape index (κ3) is 3.53. The molecule has 1 N–H and O–H groups in total. The van der Waals surface area contributed by atoms with Gasteiger partial charge in [-0.2, -0.15) is 11.8 Å². The molecule has 2 atom stereocenters. The van der Waals surface area contributed by atoms with E-state index >= 15 is 0 Å². The van der Waals surface area contributed by atoms with Crippen LogP contribution in [0.5, 0.6) is 11.5 Å². The van der Waals surface area contributed by atoms with E-state index in [0.29, 0.717) is 16.4 Å². The monoisotopic (exact) mass is 429 g/mol. The van der Waals surface area contributed by atoms with E-state index in [1.165, 1.54) is 0 Å². The zero-order valence-electron chi connectivity index (χ0n) is 16.2. The second-order valence-corrected chi connectivity index (χ2v) is 11.1. The Morgan fingerprint density at radius 3 is 2.69 bits per heavy atom. The number of amidine groups is 1. The number of para-hydroxylation sites is 2. The highest BCUT2D eigenvalue weighted by Gasteiger charge is 2.39. The van der Waals surface area contributed by atoms with Crippen molar-refractivity contribution in [2.75, 3.05) is 31.9 Å². The van der Waals surface area contributed by atoms with Crippen molar-refractivity contribution in [2.45, 2.75) is 22.3 Å². The van der Waals surface area contributed by atoms with Crippen LogP contribution in [0.2, 0.25) is 0 Å². The Balaban J connectivity index is 1.63. The summed E-state index contributed by atoms with van der Waals surface area (Å²) in [7, 11) is -3.40. The number of rotatable bonds is 3. The van der Waals surface area contributed by atoms with Gasteiger partial charge >= 0.3 is 0 Å². The second-order valence-electron chi connectivity index (χ2n) is 7.52. The Morgan fingerprint density at radius 1 is 1.17 bits per heavy atom. The fraction of sp³-hybridized carbons (Fsp3) is 0.381. The van der Waals surface area contributed by atoms with E-state index in [9.17, 15) is 8.42 Å². The molecule has 3 aliphatic rings. The molecule has 2 aromatic carbocycles. The molecule has 152 valence electrons. The van der Waals surface area contributed by atoms with Crippen LogP contribution in [-0.4, -0.2) is 61.6 Å². The summed E-state index contributed by atoms with van der Waals surface area (Å²) in [5.74, 6) is 3.01. The average molecular weight is 430 g/mol. The highest BCUT2D eigenvalue weighted by Crippen LogP contribution is 2.41. The summed E-state index contributed by atoms with van der Waals surface area (Å²) in [6.07, 6.45) is 0. The smallest absolute Gasteiger partial charge is 0.182 e. The Morgan fingerprint density at radius 2 is 1.93 bits per heavy atom. The third-order valence-corrected chi connectivity index (χ3v) is 9.14. The minimum absolute atomic E-state index is 0.195. The lowest BCUT2D eigenvalue weighted by Gasteiger charge is -2.30. The zero-order valence-corrected chi connectivity index (χ0v) is 17.8. The Hall–Kier alpha value is -2.03. The molecule has 0 spiro atoms. The van der Waals surface area contributed by atoms with Crippen molar-refractivity contribution < 1.29 is 13.2 Å². The molecule has 2 unspecified atom stereocenters. The van der Waals surface area contributed by atoms with E-state index in [-0.39, 0.29) is 5.25 Å². The predicted octanol–water partition coefficient (Wildman–Crippen LogP) is 3.05. The first-order chi connectivity index (χ1) is 14.0. The summed E-state index contributed by atoms with van der Waals surface area (Å²) < 4.78 is 32.5. The normalized spacial score (nSPS) is 21.9. The van der Waals surface area contributed by atoms with Crippen LogP contribution in [0.1, 0.15) is 12.5 Å². The molecule has 0 amide bonds. The van der Waals surface area contributed by atoms with Crippen LogP contribution >= 0.6 is 11.8 Å². The molecule has 3 heterocycles. The van der Waals surface area contributed by atoms with Gasteiger partial charge in [0.2, 0.25) is 0 Å². The van der Waals surface area contributed by atoms with Crippen LogP contribution in [-0.2, 0) is 9.84 Å². The van der Waals surface area contributed by atoms with E-state index in [0.717, 1.165) is 49.0 Å². The Bertz CT molecular complexity index is 1070. The van der Waals surface area contributed by atoms with Crippen LogP contribution in [0.3, 0.4) is 0 Å². The van der Waals surface area contributed by atoms with Gasteiger partial charge in [-0.25, -0.2) is 13.4 Å². The predicted molar refractivity (Wildman–Crippen MR) is 116 cm³/mol. The number of nitrogens with one attached hydrogen (secondary N) is 1. The lowest BCUT2D eigenvalue weighted by molar-refractivity contribution is 0.357. The lowest BCUT2D eigenvalue weighted by atomic mass is 10.1. The highest BCUT2D eigenvalue weighted by molar-refractivity contribution is 8.08. The number of sulfone groups is 1. The van der Waals surface area contributed by atoms with E-state index in [1.807, 2.05) is 31.2 Å². The van der Waals surface area contributed by atoms with Crippen LogP contribution in [0.25, 0.3) is 0 Å². The van der Waals surface area contributed by atoms with E-state index in [2.05, 4.69) is 10.2 Å². The van der Waals surface area contributed by atoms with Crippen molar-refractivity contribution in [1.82, 2.24) is 10.2 Å². The maximum absolute atomic E-state index is 13.2. The van der Waals surface area contributed by atoms with Crippen molar-refractivity contribution >= 4 is 33.1 Å². The second kappa shape index (κ2) is 7.34. The van der Waals surface area contributed by atoms with E-state index in [1.54, 1.807) is 30.0 Å². The maximum atomic E-state index is 13.2. The molecule has 5 rings (SSSR count). The summed E-state index contributed by atoms with van der Waals surface area (Å²) in [5.41, 5.74) is 1.49. The molecule has 2 fully saturated rings. The first-order valence-electron chi connectivity index (χ1n) is 9.85. The first-order valence-corrected chi connectivity index (χ1v) is 12.4. The quantitative estimate of drug-likeness (QED) is 0.757. The van der Waals surface area contributed by atoms with Gasteiger partial charge in [-0.3, -0.25) is 0 Å². The number of hydrogen-bond donors (Lipinski definition) is 1. The fourth-order valence-corrected chi connectivity index (χ4v) is 6.67. The van der Waals surface area contributed by atoms with Crippen LogP contribution in [0.15, 0.2) is 52.4 Å². The molecule has 0 saturated carbocycles. The molecule has 8 heteroatoms. The Kier molecular flexibility index (Phi) is 4.80. The minimum Gasteiger partial charge on any atom is -0.454 e. The summed E-state index contributed by atoms with van der Waals surface area (Å²) in [6.45, 7) is 5.16. The number of aliphatic imine (C=N–C) groups is 1. The van der Waals surface area contributed by atoms with Crippen molar-refractivity contribution in [3.05, 3.63) is 48.0 Å². The van der Waals surface area contributed by atoms with Crippen molar-refractivity contribution in [3.63, 3.8) is 0 Å². The van der Waals surface area contributed by atoms with Gasteiger partial charge < -0.3 is 15.0 Å². The molecule has 29 heavy (non-hydrogen) atoms. The summed E-state index contributed by atoms with van der Waals surface area (Å²) >= 11 is 1.70. The van der Waals surface area contributed by atoms with Gasteiger partial charge in [0.05, 0.1) is 15.7 Å². The third-order valence-electron chi connectivity index (χ3n) is 5.62. The number of hydrogen-bond acceptors (Lipinski definition) is 7. The van der Waals surface area contributed by atoms with Crippen molar-refractivity contribution in [2.24, 2.45) is 4.99 Å². The van der Waals surface area contributed by atoms with Gasteiger partial charge in [-0.05, 0) is 37.3 Å². The molecule has 0 bridgehead atoms. The number of fused-ring (bicyclic) bond motifs is 2. The molecule has 0 aromatic heterocycles. The van der Waals surface area contributed by atoms with E-state index in [4.69, 9.17) is 9.73 Å². The molecule has 0 radical (unpaired) electrons. The van der Waals surface area contributed by atoms with Crippen LogP contribution in [0, 0.1) is 0 Å². The number of nitrogens with zero attached hydrogens (tertiary/aromatic N) is 2. The van der Waals surface area contributed by atoms with Crippen LogP contribution in [0.4, 0.5) is 5.69 Å². The Labute approximate surface area is 175 Å². The minimum atomic E-state index is -3.40. The molecular formula is C21H23N3O3S2. The number of piperazine rings is 1. The van der Waals surface area contributed by atoms with Crippen molar-refractivity contribution in [1.29, 1.82) is 0 Å².